The smallest absolute Gasteiger partial charge is 0.239 e. The second kappa shape index (κ2) is 8.06. The zero-order chi connectivity index (χ0) is 13.4. The zero-order valence-corrected chi connectivity index (χ0v) is 11.2. The van der Waals surface area contributed by atoms with Gasteiger partial charge in [-0.15, -0.1) is 0 Å². The molecule has 100 valence electrons. The van der Waals surface area contributed by atoms with E-state index in [2.05, 4.69) is 10.6 Å². The first kappa shape index (κ1) is 15.9. The SMILES string of the molecule is CC(C)CNC(=O)CNC(=O)CC(N)C(C)C. The molecular weight excluding hydrogens is 218 g/mol. The fraction of sp³-hybridized carbons (Fsp3) is 0.833. The Balaban J connectivity index is 3.73. The molecule has 5 heteroatoms. The van der Waals surface area contributed by atoms with Crippen LogP contribution in [0.15, 0.2) is 0 Å². The summed E-state index contributed by atoms with van der Waals surface area (Å²) in [6, 6.07) is -0.159. The topological polar surface area (TPSA) is 84.2 Å². The maximum absolute atomic E-state index is 11.4. The third-order valence-corrected chi connectivity index (χ3v) is 2.43. The molecule has 2 amide bonds. The van der Waals surface area contributed by atoms with Gasteiger partial charge in [-0.2, -0.15) is 0 Å². The van der Waals surface area contributed by atoms with Crippen LogP contribution in [0.4, 0.5) is 0 Å². The summed E-state index contributed by atoms with van der Waals surface area (Å²) in [7, 11) is 0. The lowest BCUT2D eigenvalue weighted by Crippen LogP contribution is -2.41. The maximum Gasteiger partial charge on any atom is 0.239 e. The standard InChI is InChI=1S/C12H25N3O2/c1-8(2)6-14-12(17)7-15-11(16)5-10(13)9(3)4/h8-10H,5-7,13H2,1-4H3,(H,14,17)(H,15,16). The van der Waals surface area contributed by atoms with E-state index < -0.39 is 0 Å². The molecule has 0 rings (SSSR count). The first-order chi connectivity index (χ1) is 7.82. The first-order valence-corrected chi connectivity index (χ1v) is 6.12. The van der Waals surface area contributed by atoms with Crippen LogP contribution in [0.1, 0.15) is 34.1 Å². The molecule has 0 aliphatic carbocycles. The van der Waals surface area contributed by atoms with Gasteiger partial charge in [-0.3, -0.25) is 9.59 Å². The maximum atomic E-state index is 11.4. The molecule has 1 unspecified atom stereocenters. The molecule has 1 atom stereocenters. The molecule has 0 radical (unpaired) electrons. The third-order valence-electron chi connectivity index (χ3n) is 2.43. The Kier molecular flexibility index (Phi) is 7.54. The number of hydrogen-bond acceptors (Lipinski definition) is 3. The van der Waals surface area contributed by atoms with Crippen LogP contribution >= 0.6 is 0 Å². The van der Waals surface area contributed by atoms with Crippen LogP contribution in [0.3, 0.4) is 0 Å². The van der Waals surface area contributed by atoms with Crippen LogP contribution in [-0.4, -0.2) is 30.9 Å². The van der Waals surface area contributed by atoms with Crippen LogP contribution in [0.2, 0.25) is 0 Å². The summed E-state index contributed by atoms with van der Waals surface area (Å²) in [6.45, 7) is 8.61. The van der Waals surface area contributed by atoms with Crippen molar-refractivity contribution >= 4 is 11.8 Å². The predicted octanol–water partition coefficient (Wildman–Crippen LogP) is 0.248. The highest BCUT2D eigenvalue weighted by Gasteiger charge is 2.13. The number of nitrogens with two attached hydrogens (primary N) is 1. The van der Waals surface area contributed by atoms with Crippen molar-refractivity contribution in [1.29, 1.82) is 0 Å². The summed E-state index contributed by atoms with van der Waals surface area (Å²) in [4.78, 5) is 22.7. The van der Waals surface area contributed by atoms with Crippen molar-refractivity contribution in [2.24, 2.45) is 17.6 Å². The van der Waals surface area contributed by atoms with Gasteiger partial charge in [0, 0.05) is 19.0 Å². The second-order valence-corrected chi connectivity index (χ2v) is 5.09. The van der Waals surface area contributed by atoms with Gasteiger partial charge in [0.15, 0.2) is 0 Å². The minimum atomic E-state index is -0.175. The number of nitrogens with one attached hydrogen (secondary N) is 2. The second-order valence-electron chi connectivity index (χ2n) is 5.09. The fourth-order valence-corrected chi connectivity index (χ4v) is 1.08. The van der Waals surface area contributed by atoms with Crippen LogP contribution in [0, 0.1) is 11.8 Å². The molecule has 4 N–H and O–H groups in total. The van der Waals surface area contributed by atoms with Gasteiger partial charge in [-0.05, 0) is 11.8 Å². The van der Waals surface area contributed by atoms with Crippen LogP contribution < -0.4 is 16.4 Å². The third kappa shape index (κ3) is 8.68. The lowest BCUT2D eigenvalue weighted by atomic mass is 10.0. The Morgan fingerprint density at radius 3 is 2.12 bits per heavy atom. The van der Waals surface area contributed by atoms with Gasteiger partial charge in [-0.1, -0.05) is 27.7 Å². The van der Waals surface area contributed by atoms with E-state index in [1.165, 1.54) is 0 Å². The molecule has 0 heterocycles. The molecule has 0 fully saturated rings. The van der Waals surface area contributed by atoms with E-state index in [-0.39, 0.29) is 36.7 Å². The molecular formula is C12H25N3O2. The van der Waals surface area contributed by atoms with Gasteiger partial charge in [-0.25, -0.2) is 0 Å². The molecule has 0 aromatic heterocycles. The van der Waals surface area contributed by atoms with Gasteiger partial charge in [0.2, 0.25) is 11.8 Å². The highest BCUT2D eigenvalue weighted by atomic mass is 16.2. The van der Waals surface area contributed by atoms with Gasteiger partial charge >= 0.3 is 0 Å². The molecule has 5 nitrogen and oxygen atoms in total. The molecule has 0 aliphatic rings. The average molecular weight is 243 g/mol. The molecule has 0 aliphatic heterocycles. The lowest BCUT2D eigenvalue weighted by molar-refractivity contribution is -0.126. The average Bonchev–Trinajstić information content (AvgIpc) is 2.23. The van der Waals surface area contributed by atoms with Crippen molar-refractivity contribution in [3.63, 3.8) is 0 Å². The first-order valence-electron chi connectivity index (χ1n) is 6.12. The van der Waals surface area contributed by atoms with Gasteiger partial charge < -0.3 is 16.4 Å². The van der Waals surface area contributed by atoms with E-state index in [9.17, 15) is 9.59 Å². The predicted molar refractivity (Wildman–Crippen MR) is 68.3 cm³/mol. The summed E-state index contributed by atoms with van der Waals surface area (Å²) in [6.07, 6.45) is 0.259. The minimum absolute atomic E-state index is 0.0242. The molecule has 17 heavy (non-hydrogen) atoms. The van der Waals surface area contributed by atoms with Crippen molar-refractivity contribution in [2.75, 3.05) is 13.1 Å². The monoisotopic (exact) mass is 243 g/mol. The minimum Gasteiger partial charge on any atom is -0.354 e. The number of hydrogen-bond donors (Lipinski definition) is 3. The van der Waals surface area contributed by atoms with Crippen LogP contribution in [0.5, 0.6) is 0 Å². The molecule has 0 saturated heterocycles. The van der Waals surface area contributed by atoms with E-state index in [1.54, 1.807) is 0 Å². The highest BCUT2D eigenvalue weighted by Crippen LogP contribution is 2.01. The van der Waals surface area contributed by atoms with Crippen molar-refractivity contribution in [2.45, 2.75) is 40.2 Å². The molecule has 0 saturated carbocycles. The van der Waals surface area contributed by atoms with E-state index in [4.69, 9.17) is 5.73 Å². The number of carbonyl (C=O) groups excluding carboxylic acids is 2. The van der Waals surface area contributed by atoms with Crippen LogP contribution in [0.25, 0.3) is 0 Å². The summed E-state index contributed by atoms with van der Waals surface area (Å²) in [5.41, 5.74) is 5.76. The highest BCUT2D eigenvalue weighted by molar-refractivity contribution is 5.84. The summed E-state index contributed by atoms with van der Waals surface area (Å²) >= 11 is 0. The van der Waals surface area contributed by atoms with Gasteiger partial charge in [0.1, 0.15) is 0 Å². The molecule has 0 aromatic carbocycles. The van der Waals surface area contributed by atoms with Crippen molar-refractivity contribution < 1.29 is 9.59 Å². The van der Waals surface area contributed by atoms with Gasteiger partial charge in [0.05, 0.1) is 6.54 Å². The van der Waals surface area contributed by atoms with E-state index in [0.717, 1.165) is 0 Å². The number of amides is 2. The Bertz CT molecular complexity index is 252. The summed E-state index contributed by atoms with van der Waals surface area (Å²) in [5, 5.41) is 5.29. The molecule has 0 aromatic rings. The van der Waals surface area contributed by atoms with Crippen molar-refractivity contribution in [3.05, 3.63) is 0 Å². The van der Waals surface area contributed by atoms with Crippen LogP contribution in [-0.2, 0) is 9.59 Å². The lowest BCUT2D eigenvalue weighted by Gasteiger charge is -2.15. The van der Waals surface area contributed by atoms with Gasteiger partial charge in [0.25, 0.3) is 0 Å². The summed E-state index contributed by atoms with van der Waals surface area (Å²) < 4.78 is 0. The van der Waals surface area contributed by atoms with Crippen molar-refractivity contribution in [3.8, 4) is 0 Å². The Morgan fingerprint density at radius 2 is 1.65 bits per heavy atom. The normalized spacial score (nSPS) is 12.6. The number of carbonyl (C=O) groups is 2. The Labute approximate surface area is 104 Å². The largest absolute Gasteiger partial charge is 0.354 e. The Hall–Kier alpha value is -1.10. The quantitative estimate of drug-likeness (QED) is 0.599. The molecule has 0 bridgehead atoms. The Morgan fingerprint density at radius 1 is 1.06 bits per heavy atom. The zero-order valence-electron chi connectivity index (χ0n) is 11.2. The molecule has 0 spiro atoms. The van der Waals surface area contributed by atoms with E-state index in [1.807, 2.05) is 27.7 Å². The van der Waals surface area contributed by atoms with E-state index in [0.29, 0.717) is 12.5 Å². The van der Waals surface area contributed by atoms with E-state index >= 15 is 0 Å². The van der Waals surface area contributed by atoms with Crippen molar-refractivity contribution in [1.82, 2.24) is 10.6 Å². The number of rotatable bonds is 7. The fourth-order valence-electron chi connectivity index (χ4n) is 1.08. The summed E-state index contributed by atoms with van der Waals surface area (Å²) in [5.74, 6) is 0.329.